The number of para-hydroxylation sites is 1. The van der Waals surface area contributed by atoms with Crippen molar-refractivity contribution in [1.82, 2.24) is 5.32 Å². The molecule has 3 heteroatoms. The van der Waals surface area contributed by atoms with E-state index in [1.807, 2.05) is 24.3 Å². The fraction of sp³-hybridized carbons (Fsp3) is 0.500. The van der Waals surface area contributed by atoms with E-state index in [4.69, 9.17) is 0 Å². The Morgan fingerprint density at radius 3 is 2.59 bits per heavy atom. The second-order valence-corrected chi connectivity index (χ2v) is 4.77. The molecule has 17 heavy (non-hydrogen) atoms. The molecule has 1 heterocycles. The van der Waals surface area contributed by atoms with Crippen LogP contribution >= 0.6 is 0 Å². The molecular weight excluding hydrogens is 212 g/mol. The van der Waals surface area contributed by atoms with Gasteiger partial charge in [-0.25, -0.2) is 0 Å². The highest BCUT2D eigenvalue weighted by atomic mass is 16.1. The van der Waals surface area contributed by atoms with Gasteiger partial charge in [0.05, 0.1) is 5.56 Å². The van der Waals surface area contributed by atoms with Gasteiger partial charge in [-0.3, -0.25) is 4.79 Å². The van der Waals surface area contributed by atoms with Crippen LogP contribution in [0.5, 0.6) is 0 Å². The number of carbonyl (C=O) groups is 1. The van der Waals surface area contributed by atoms with Crippen LogP contribution in [0.25, 0.3) is 0 Å². The molecule has 0 radical (unpaired) electrons. The van der Waals surface area contributed by atoms with Crippen molar-refractivity contribution >= 4 is 11.6 Å². The normalized spacial score (nSPS) is 16.9. The first-order chi connectivity index (χ1) is 8.22. The number of anilines is 1. The molecule has 0 aromatic heterocycles. The topological polar surface area (TPSA) is 32.3 Å². The molecule has 0 aliphatic carbocycles. The zero-order valence-corrected chi connectivity index (χ0v) is 10.6. The summed E-state index contributed by atoms with van der Waals surface area (Å²) in [5.41, 5.74) is 1.85. The average Bonchev–Trinajstić information content (AvgIpc) is 2.39. The van der Waals surface area contributed by atoms with Gasteiger partial charge < -0.3 is 10.2 Å². The maximum Gasteiger partial charge on any atom is 0.253 e. The van der Waals surface area contributed by atoms with Gasteiger partial charge in [0, 0.05) is 25.8 Å². The van der Waals surface area contributed by atoms with Crippen molar-refractivity contribution in [3.8, 4) is 0 Å². The Morgan fingerprint density at radius 2 is 1.94 bits per heavy atom. The number of hydrogen-bond donors (Lipinski definition) is 1. The molecule has 1 aliphatic rings. The third-order valence-corrected chi connectivity index (χ3v) is 3.50. The third-order valence-electron chi connectivity index (χ3n) is 3.50. The van der Waals surface area contributed by atoms with Gasteiger partial charge in [0.2, 0.25) is 0 Å². The van der Waals surface area contributed by atoms with Gasteiger partial charge >= 0.3 is 0 Å². The Morgan fingerprint density at radius 1 is 1.29 bits per heavy atom. The third kappa shape index (κ3) is 2.60. The molecule has 0 bridgehead atoms. The van der Waals surface area contributed by atoms with E-state index in [0.29, 0.717) is 0 Å². The smallest absolute Gasteiger partial charge is 0.253 e. The Balaban J connectivity index is 2.23. The number of carbonyl (C=O) groups excluding carboxylic acids is 1. The summed E-state index contributed by atoms with van der Waals surface area (Å²) in [7, 11) is 1.68. The highest BCUT2D eigenvalue weighted by Crippen LogP contribution is 2.25. The van der Waals surface area contributed by atoms with E-state index in [9.17, 15) is 4.79 Å². The average molecular weight is 232 g/mol. The van der Waals surface area contributed by atoms with Crippen LogP contribution < -0.4 is 10.2 Å². The van der Waals surface area contributed by atoms with E-state index in [1.54, 1.807) is 7.05 Å². The quantitative estimate of drug-likeness (QED) is 0.848. The molecule has 1 aromatic carbocycles. The minimum atomic E-state index is -0.000720. The number of piperidine rings is 1. The lowest BCUT2D eigenvalue weighted by atomic mass is 9.98. The summed E-state index contributed by atoms with van der Waals surface area (Å²) in [4.78, 5) is 14.1. The highest BCUT2D eigenvalue weighted by molar-refractivity contribution is 5.99. The number of hydrogen-bond acceptors (Lipinski definition) is 2. The summed E-state index contributed by atoms with van der Waals surface area (Å²) in [6.07, 6.45) is 2.42. The van der Waals surface area contributed by atoms with Crippen LogP contribution in [-0.2, 0) is 0 Å². The number of benzene rings is 1. The number of rotatable bonds is 2. The fourth-order valence-corrected chi connectivity index (χ4v) is 2.33. The number of nitrogens with one attached hydrogen (secondary N) is 1. The molecule has 0 saturated carbocycles. The second kappa shape index (κ2) is 5.21. The predicted octanol–water partition coefficient (Wildman–Crippen LogP) is 2.28. The summed E-state index contributed by atoms with van der Waals surface area (Å²) in [5, 5.41) is 2.70. The van der Waals surface area contributed by atoms with Crippen LogP contribution in [0.4, 0.5) is 5.69 Å². The molecule has 1 aromatic rings. The summed E-state index contributed by atoms with van der Waals surface area (Å²) < 4.78 is 0. The summed E-state index contributed by atoms with van der Waals surface area (Å²) in [6, 6.07) is 7.85. The van der Waals surface area contributed by atoms with Gasteiger partial charge in [-0.1, -0.05) is 19.1 Å². The monoisotopic (exact) mass is 232 g/mol. The van der Waals surface area contributed by atoms with E-state index >= 15 is 0 Å². The van der Waals surface area contributed by atoms with Crippen molar-refractivity contribution in [2.75, 3.05) is 25.0 Å². The van der Waals surface area contributed by atoms with Crippen LogP contribution in [0.2, 0.25) is 0 Å². The van der Waals surface area contributed by atoms with Crippen LogP contribution in [0.1, 0.15) is 30.1 Å². The van der Waals surface area contributed by atoms with Gasteiger partial charge in [-0.2, -0.15) is 0 Å². The molecule has 1 N–H and O–H groups in total. The summed E-state index contributed by atoms with van der Waals surface area (Å²) in [6.45, 7) is 4.40. The van der Waals surface area contributed by atoms with Crippen molar-refractivity contribution in [3.05, 3.63) is 29.8 Å². The maximum absolute atomic E-state index is 11.8. The Hall–Kier alpha value is -1.51. The molecule has 1 aliphatic heterocycles. The molecule has 2 rings (SSSR count). The number of nitrogens with zero attached hydrogens (tertiary/aromatic N) is 1. The zero-order chi connectivity index (χ0) is 12.3. The lowest BCUT2D eigenvalue weighted by Gasteiger charge is -2.33. The van der Waals surface area contributed by atoms with E-state index in [2.05, 4.69) is 17.1 Å². The summed E-state index contributed by atoms with van der Waals surface area (Å²) >= 11 is 0. The Kier molecular flexibility index (Phi) is 3.67. The van der Waals surface area contributed by atoms with Crippen LogP contribution in [0.3, 0.4) is 0 Å². The van der Waals surface area contributed by atoms with E-state index in [-0.39, 0.29) is 5.91 Å². The van der Waals surface area contributed by atoms with Gasteiger partial charge in [-0.15, -0.1) is 0 Å². The zero-order valence-electron chi connectivity index (χ0n) is 10.6. The minimum absolute atomic E-state index is 0.000720. The van der Waals surface area contributed by atoms with Gasteiger partial charge in [0.1, 0.15) is 0 Å². The lowest BCUT2D eigenvalue weighted by molar-refractivity contribution is 0.0963. The molecule has 92 valence electrons. The van der Waals surface area contributed by atoms with Gasteiger partial charge in [-0.05, 0) is 30.9 Å². The second-order valence-electron chi connectivity index (χ2n) is 4.77. The van der Waals surface area contributed by atoms with Crippen molar-refractivity contribution in [1.29, 1.82) is 0 Å². The molecule has 3 nitrogen and oxygen atoms in total. The van der Waals surface area contributed by atoms with E-state index in [0.717, 1.165) is 30.3 Å². The first kappa shape index (κ1) is 12.0. The van der Waals surface area contributed by atoms with Crippen LogP contribution in [0.15, 0.2) is 24.3 Å². The van der Waals surface area contributed by atoms with E-state index < -0.39 is 0 Å². The first-order valence-corrected chi connectivity index (χ1v) is 6.28. The largest absolute Gasteiger partial charge is 0.371 e. The Bertz CT molecular complexity index is 395. The van der Waals surface area contributed by atoms with Crippen molar-refractivity contribution in [2.24, 2.45) is 5.92 Å². The number of amides is 1. The highest BCUT2D eigenvalue weighted by Gasteiger charge is 2.19. The fourth-order valence-electron chi connectivity index (χ4n) is 2.33. The predicted molar refractivity (Wildman–Crippen MR) is 70.4 cm³/mol. The molecule has 0 spiro atoms. The molecular formula is C14H20N2O. The van der Waals surface area contributed by atoms with Gasteiger partial charge in [0.15, 0.2) is 0 Å². The standard InChI is InChI=1S/C14H20N2O/c1-11-7-9-16(10-8-11)13-6-4-3-5-12(13)14(17)15-2/h3-6,11H,7-10H2,1-2H3,(H,15,17). The SMILES string of the molecule is CNC(=O)c1ccccc1N1CCC(C)CC1. The molecule has 0 unspecified atom stereocenters. The van der Waals surface area contributed by atoms with Crippen LogP contribution in [-0.4, -0.2) is 26.0 Å². The Labute approximate surface area is 103 Å². The lowest BCUT2D eigenvalue weighted by Crippen LogP contribution is -2.34. The minimum Gasteiger partial charge on any atom is -0.371 e. The van der Waals surface area contributed by atoms with Crippen molar-refractivity contribution in [3.63, 3.8) is 0 Å². The molecule has 1 saturated heterocycles. The molecule has 1 amide bonds. The maximum atomic E-state index is 11.8. The first-order valence-electron chi connectivity index (χ1n) is 6.28. The van der Waals surface area contributed by atoms with Crippen molar-refractivity contribution < 1.29 is 4.79 Å². The molecule has 0 atom stereocenters. The summed E-state index contributed by atoms with van der Waals surface area (Å²) in [5.74, 6) is 0.803. The van der Waals surface area contributed by atoms with Crippen molar-refractivity contribution in [2.45, 2.75) is 19.8 Å². The van der Waals surface area contributed by atoms with Gasteiger partial charge in [0.25, 0.3) is 5.91 Å². The van der Waals surface area contributed by atoms with E-state index in [1.165, 1.54) is 12.8 Å². The van der Waals surface area contributed by atoms with Crippen LogP contribution in [0, 0.1) is 5.92 Å². The molecule has 1 fully saturated rings.